The molecule has 1 N–H and O–H groups in total. The second kappa shape index (κ2) is 10.2. The van der Waals surface area contributed by atoms with Crippen molar-refractivity contribution in [1.82, 2.24) is 9.88 Å². The number of carbonyl (C=O) groups is 1. The first kappa shape index (κ1) is 21.0. The molecule has 0 saturated heterocycles. The van der Waals surface area contributed by atoms with Crippen molar-refractivity contribution in [2.45, 2.75) is 70.7 Å². The lowest BCUT2D eigenvalue weighted by Gasteiger charge is -2.24. The molecule has 1 saturated carbocycles. The van der Waals surface area contributed by atoms with Crippen LogP contribution < -0.4 is 5.32 Å². The van der Waals surface area contributed by atoms with Gasteiger partial charge in [0.2, 0.25) is 0 Å². The van der Waals surface area contributed by atoms with Gasteiger partial charge in [0, 0.05) is 24.5 Å². The second-order valence-electron chi connectivity index (χ2n) is 8.06. The number of allylic oxidation sites excluding steroid dienone is 6. The van der Waals surface area contributed by atoms with E-state index < -0.39 is 0 Å². The van der Waals surface area contributed by atoms with Crippen LogP contribution in [0.5, 0.6) is 0 Å². The van der Waals surface area contributed by atoms with Crippen molar-refractivity contribution in [3.8, 4) is 0 Å². The van der Waals surface area contributed by atoms with Gasteiger partial charge in [-0.3, -0.25) is 4.79 Å². The van der Waals surface area contributed by atoms with Gasteiger partial charge in [-0.25, -0.2) is 0 Å². The fourth-order valence-corrected chi connectivity index (χ4v) is 4.45. The van der Waals surface area contributed by atoms with Crippen molar-refractivity contribution in [3.63, 3.8) is 0 Å². The van der Waals surface area contributed by atoms with E-state index in [1.54, 1.807) is 0 Å². The molecule has 1 aromatic heterocycles. The van der Waals surface area contributed by atoms with Crippen LogP contribution in [0, 0.1) is 12.8 Å². The molecule has 0 radical (unpaired) electrons. The number of amides is 1. The van der Waals surface area contributed by atoms with Gasteiger partial charge in [-0.1, -0.05) is 63.0 Å². The summed E-state index contributed by atoms with van der Waals surface area (Å²) in [6.45, 7) is 5.93. The SMILES string of the molecule is CCCCNC(=O)c1cc(C2=CC(Cl)C=CC=C2)n(CC2CCCCC2)c1C. The number of hydrogen-bond donors (Lipinski definition) is 1. The van der Waals surface area contributed by atoms with Crippen molar-refractivity contribution in [2.75, 3.05) is 6.54 Å². The molecule has 0 bridgehead atoms. The Morgan fingerprint density at radius 1 is 1.25 bits per heavy atom. The summed E-state index contributed by atoms with van der Waals surface area (Å²) in [6.07, 6.45) is 18.8. The molecule has 1 unspecified atom stereocenters. The van der Waals surface area contributed by atoms with Crippen molar-refractivity contribution >= 4 is 23.1 Å². The summed E-state index contributed by atoms with van der Waals surface area (Å²) in [6, 6.07) is 2.06. The summed E-state index contributed by atoms with van der Waals surface area (Å²) >= 11 is 6.41. The lowest BCUT2D eigenvalue weighted by molar-refractivity contribution is 0.0952. The van der Waals surface area contributed by atoms with Gasteiger partial charge in [0.25, 0.3) is 5.91 Å². The van der Waals surface area contributed by atoms with Gasteiger partial charge in [0.05, 0.1) is 10.9 Å². The Balaban J connectivity index is 1.93. The van der Waals surface area contributed by atoms with Crippen LogP contribution >= 0.6 is 11.6 Å². The molecule has 2 aliphatic rings. The van der Waals surface area contributed by atoms with E-state index in [-0.39, 0.29) is 11.3 Å². The summed E-state index contributed by atoms with van der Waals surface area (Å²) < 4.78 is 2.36. The van der Waals surface area contributed by atoms with Crippen LogP contribution in [0.3, 0.4) is 0 Å². The Bertz CT molecular complexity index is 766. The largest absolute Gasteiger partial charge is 0.352 e. The van der Waals surface area contributed by atoms with Gasteiger partial charge in [-0.05, 0) is 43.7 Å². The minimum absolute atomic E-state index is 0.0355. The maximum atomic E-state index is 12.8. The van der Waals surface area contributed by atoms with Gasteiger partial charge in [0.1, 0.15) is 0 Å². The minimum Gasteiger partial charge on any atom is -0.352 e. The van der Waals surface area contributed by atoms with Crippen LogP contribution in [0.4, 0.5) is 0 Å². The van der Waals surface area contributed by atoms with E-state index in [9.17, 15) is 4.79 Å². The Labute approximate surface area is 174 Å². The van der Waals surface area contributed by atoms with E-state index in [0.717, 1.165) is 48.5 Å². The van der Waals surface area contributed by atoms with E-state index in [1.165, 1.54) is 32.1 Å². The molecule has 0 aliphatic heterocycles. The topological polar surface area (TPSA) is 34.0 Å². The van der Waals surface area contributed by atoms with Crippen LogP contribution in [0.15, 0.2) is 36.4 Å². The molecular formula is C24H33ClN2O. The normalized spacial score (nSPS) is 20.1. The number of halogens is 1. The summed E-state index contributed by atoms with van der Waals surface area (Å²) in [5.74, 6) is 0.725. The first-order valence-electron chi connectivity index (χ1n) is 10.8. The highest BCUT2D eigenvalue weighted by Gasteiger charge is 2.22. The lowest BCUT2D eigenvalue weighted by Crippen LogP contribution is -2.25. The Morgan fingerprint density at radius 2 is 2.04 bits per heavy atom. The van der Waals surface area contributed by atoms with Gasteiger partial charge in [-0.15, -0.1) is 11.6 Å². The summed E-state index contributed by atoms with van der Waals surface area (Å²) in [4.78, 5) is 12.8. The van der Waals surface area contributed by atoms with Crippen LogP contribution in [0.2, 0.25) is 0 Å². The average molecular weight is 401 g/mol. The van der Waals surface area contributed by atoms with Crippen molar-refractivity contribution < 1.29 is 4.79 Å². The zero-order valence-corrected chi connectivity index (χ0v) is 18.0. The third-order valence-corrected chi connectivity index (χ3v) is 6.18. The van der Waals surface area contributed by atoms with E-state index in [1.807, 2.05) is 18.2 Å². The molecular weight excluding hydrogens is 368 g/mol. The number of unbranched alkanes of at least 4 members (excludes halogenated alkanes) is 1. The number of carbonyl (C=O) groups excluding carboxylic acids is 1. The number of nitrogens with one attached hydrogen (secondary N) is 1. The number of aromatic nitrogens is 1. The van der Waals surface area contributed by atoms with Crippen molar-refractivity contribution in [2.24, 2.45) is 5.92 Å². The predicted octanol–water partition coefficient (Wildman–Crippen LogP) is 6.02. The van der Waals surface area contributed by atoms with Gasteiger partial charge in [-0.2, -0.15) is 0 Å². The lowest BCUT2D eigenvalue weighted by atomic mass is 9.89. The summed E-state index contributed by atoms with van der Waals surface area (Å²) in [5, 5.41) is 2.95. The van der Waals surface area contributed by atoms with Crippen LogP contribution in [0.1, 0.15) is 73.6 Å². The molecule has 152 valence electrons. The molecule has 0 aromatic carbocycles. The van der Waals surface area contributed by atoms with E-state index in [4.69, 9.17) is 11.6 Å². The second-order valence-corrected chi connectivity index (χ2v) is 8.57. The van der Waals surface area contributed by atoms with Gasteiger partial charge >= 0.3 is 0 Å². The molecule has 2 aliphatic carbocycles. The molecule has 4 heteroatoms. The number of hydrogen-bond acceptors (Lipinski definition) is 1. The zero-order valence-electron chi connectivity index (χ0n) is 17.2. The number of alkyl halides is 1. The molecule has 1 aromatic rings. The average Bonchev–Trinajstić information content (AvgIpc) is 2.86. The fraction of sp³-hybridized carbons (Fsp3) is 0.542. The smallest absolute Gasteiger partial charge is 0.253 e. The molecule has 1 amide bonds. The van der Waals surface area contributed by atoms with Gasteiger partial charge < -0.3 is 9.88 Å². The third-order valence-electron chi connectivity index (χ3n) is 5.91. The highest BCUT2D eigenvalue weighted by molar-refractivity contribution is 6.23. The highest BCUT2D eigenvalue weighted by atomic mass is 35.5. The summed E-state index contributed by atoms with van der Waals surface area (Å²) in [7, 11) is 0. The Hall–Kier alpha value is -1.74. The minimum atomic E-state index is -0.134. The zero-order chi connectivity index (χ0) is 19.9. The van der Waals surface area contributed by atoms with Crippen LogP contribution in [-0.2, 0) is 6.54 Å². The maximum Gasteiger partial charge on any atom is 0.253 e. The quantitative estimate of drug-likeness (QED) is 0.440. The van der Waals surface area contributed by atoms with E-state index in [2.05, 4.69) is 41.9 Å². The monoisotopic (exact) mass is 400 g/mol. The maximum absolute atomic E-state index is 12.8. The van der Waals surface area contributed by atoms with Crippen LogP contribution in [-0.4, -0.2) is 22.4 Å². The molecule has 0 spiro atoms. The highest BCUT2D eigenvalue weighted by Crippen LogP contribution is 2.31. The Kier molecular flexibility index (Phi) is 7.61. The first-order chi connectivity index (χ1) is 13.6. The van der Waals surface area contributed by atoms with Crippen LogP contribution in [0.25, 0.3) is 5.57 Å². The van der Waals surface area contributed by atoms with E-state index >= 15 is 0 Å². The molecule has 3 nitrogen and oxygen atoms in total. The molecule has 1 fully saturated rings. The number of rotatable bonds is 7. The first-order valence-corrected chi connectivity index (χ1v) is 11.2. The Morgan fingerprint density at radius 3 is 2.79 bits per heavy atom. The molecule has 1 atom stereocenters. The summed E-state index contributed by atoms with van der Waals surface area (Å²) in [5.41, 5.74) is 4.05. The van der Waals surface area contributed by atoms with E-state index in [0.29, 0.717) is 5.92 Å². The molecule has 28 heavy (non-hydrogen) atoms. The van der Waals surface area contributed by atoms with Gasteiger partial charge in [0.15, 0.2) is 0 Å². The molecule has 3 rings (SSSR count). The van der Waals surface area contributed by atoms with Crippen molar-refractivity contribution in [3.05, 3.63) is 53.4 Å². The fourth-order valence-electron chi connectivity index (χ4n) is 4.23. The van der Waals surface area contributed by atoms with Crippen molar-refractivity contribution in [1.29, 1.82) is 0 Å². The molecule has 1 heterocycles. The predicted molar refractivity (Wildman–Crippen MR) is 119 cm³/mol. The third kappa shape index (κ3) is 5.20. The standard InChI is InChI=1S/C24H33ClN2O/c1-3-4-14-26-24(28)22-16-23(20-12-8-9-13-21(25)15-20)27(18(22)2)17-19-10-6-5-7-11-19/h8-9,12-13,15-16,19,21H,3-7,10-11,14,17H2,1-2H3,(H,26,28). The number of nitrogens with zero attached hydrogens (tertiary/aromatic N) is 1.